The maximum atomic E-state index is 13.6. The summed E-state index contributed by atoms with van der Waals surface area (Å²) in [6.45, 7) is 0.761. The van der Waals surface area contributed by atoms with E-state index in [2.05, 4.69) is 15.4 Å². The van der Waals surface area contributed by atoms with Crippen LogP contribution in [-0.2, 0) is 0 Å². The van der Waals surface area contributed by atoms with Gasteiger partial charge in [0.1, 0.15) is 5.75 Å². The third kappa shape index (κ3) is 4.58. The number of aryl methyl sites for hydroxylation is 1. The van der Waals surface area contributed by atoms with Crippen LogP contribution in [0.15, 0.2) is 54.7 Å². The molecule has 1 aliphatic rings. The van der Waals surface area contributed by atoms with Crippen molar-refractivity contribution in [1.29, 1.82) is 0 Å². The van der Waals surface area contributed by atoms with Crippen molar-refractivity contribution in [3.8, 4) is 11.6 Å². The number of rotatable bonds is 8. The lowest BCUT2D eigenvalue weighted by Gasteiger charge is -2.21. The van der Waals surface area contributed by atoms with Gasteiger partial charge in [-0.25, -0.2) is 9.97 Å². The molecule has 35 heavy (non-hydrogen) atoms. The molecule has 1 aromatic carbocycles. The predicted octanol–water partition coefficient (Wildman–Crippen LogP) is 5.48. The molecule has 5 rings (SSSR count). The molecule has 1 amide bonds. The fourth-order valence-electron chi connectivity index (χ4n) is 4.32. The van der Waals surface area contributed by atoms with Crippen LogP contribution in [0.2, 0.25) is 0 Å². The summed E-state index contributed by atoms with van der Waals surface area (Å²) in [5, 5.41) is 8.30. The highest BCUT2D eigenvalue weighted by molar-refractivity contribution is 6.07. The van der Waals surface area contributed by atoms with Crippen LogP contribution in [0.25, 0.3) is 16.9 Å². The van der Waals surface area contributed by atoms with Gasteiger partial charge in [-0.15, -0.1) is 0 Å². The third-order valence-electron chi connectivity index (χ3n) is 6.16. The predicted molar refractivity (Wildman–Crippen MR) is 127 cm³/mol. The van der Waals surface area contributed by atoms with Crippen molar-refractivity contribution < 1.29 is 18.3 Å². The van der Waals surface area contributed by atoms with Gasteiger partial charge in [-0.1, -0.05) is 31.2 Å². The Morgan fingerprint density at radius 2 is 1.97 bits per heavy atom. The first-order chi connectivity index (χ1) is 17.0. The molecule has 1 N–H and O–H groups in total. The van der Waals surface area contributed by atoms with Crippen LogP contribution >= 0.6 is 0 Å². The average Bonchev–Trinajstić information content (AvgIpc) is 3.66. The lowest BCUT2D eigenvalue weighted by molar-refractivity contribution is -0.0506. The first-order valence-corrected chi connectivity index (χ1v) is 11.6. The summed E-state index contributed by atoms with van der Waals surface area (Å²) in [6, 6.07) is 13.4. The van der Waals surface area contributed by atoms with Gasteiger partial charge in [0, 0.05) is 23.4 Å². The minimum Gasteiger partial charge on any atom is -0.434 e. The zero-order valence-corrected chi connectivity index (χ0v) is 19.4. The van der Waals surface area contributed by atoms with Crippen molar-refractivity contribution in [3.05, 3.63) is 77.2 Å². The van der Waals surface area contributed by atoms with Gasteiger partial charge >= 0.3 is 6.61 Å². The summed E-state index contributed by atoms with van der Waals surface area (Å²) in [6.07, 6.45) is 4.21. The van der Waals surface area contributed by atoms with E-state index in [0.717, 1.165) is 18.5 Å². The van der Waals surface area contributed by atoms with Gasteiger partial charge in [-0.2, -0.15) is 18.6 Å². The minimum absolute atomic E-state index is 0.0485. The Morgan fingerprint density at radius 3 is 2.66 bits per heavy atom. The number of hydrogen-bond donors (Lipinski definition) is 1. The quantitative estimate of drug-likeness (QED) is 0.363. The summed E-state index contributed by atoms with van der Waals surface area (Å²) in [4.78, 5) is 22.9. The molecule has 1 atom stereocenters. The SMILES string of the molecule is CCC(NC(=O)c1cc(C2CC2)nc2c1c(C)nn2-c1ccccn1)c1ccccc1OC(F)F. The number of nitrogens with one attached hydrogen (secondary N) is 1. The molecule has 7 nitrogen and oxygen atoms in total. The lowest BCUT2D eigenvalue weighted by Crippen LogP contribution is -2.29. The van der Waals surface area contributed by atoms with E-state index in [1.165, 1.54) is 6.07 Å². The van der Waals surface area contributed by atoms with Gasteiger partial charge in [-0.3, -0.25) is 4.79 Å². The van der Waals surface area contributed by atoms with Crippen LogP contribution < -0.4 is 10.1 Å². The number of aromatic nitrogens is 4. The van der Waals surface area contributed by atoms with Gasteiger partial charge in [0.15, 0.2) is 11.5 Å². The Balaban J connectivity index is 1.57. The van der Waals surface area contributed by atoms with Crippen LogP contribution in [0.5, 0.6) is 5.75 Å². The van der Waals surface area contributed by atoms with Crippen LogP contribution in [0.1, 0.15) is 65.5 Å². The molecule has 9 heteroatoms. The van der Waals surface area contributed by atoms with E-state index in [1.807, 2.05) is 38.1 Å². The van der Waals surface area contributed by atoms with Gasteiger partial charge < -0.3 is 10.1 Å². The summed E-state index contributed by atoms with van der Waals surface area (Å²) in [7, 11) is 0. The first kappa shape index (κ1) is 22.9. The fraction of sp³-hybridized carbons (Fsp3) is 0.308. The van der Waals surface area contributed by atoms with Crippen molar-refractivity contribution in [2.45, 2.75) is 51.7 Å². The number of amides is 1. The van der Waals surface area contributed by atoms with E-state index in [4.69, 9.17) is 9.72 Å². The van der Waals surface area contributed by atoms with Crippen molar-refractivity contribution in [1.82, 2.24) is 25.1 Å². The van der Waals surface area contributed by atoms with E-state index < -0.39 is 12.7 Å². The van der Waals surface area contributed by atoms with Crippen molar-refractivity contribution >= 4 is 16.9 Å². The van der Waals surface area contributed by atoms with E-state index in [0.29, 0.717) is 46.0 Å². The molecule has 0 spiro atoms. The van der Waals surface area contributed by atoms with E-state index in [9.17, 15) is 13.6 Å². The number of carbonyl (C=O) groups is 1. The molecular formula is C26H25F2N5O2. The van der Waals surface area contributed by atoms with Crippen molar-refractivity contribution in [2.24, 2.45) is 0 Å². The van der Waals surface area contributed by atoms with E-state index >= 15 is 0 Å². The lowest BCUT2D eigenvalue weighted by atomic mass is 10.0. The molecule has 1 fully saturated rings. The highest BCUT2D eigenvalue weighted by Crippen LogP contribution is 2.41. The van der Waals surface area contributed by atoms with Crippen LogP contribution in [-0.4, -0.2) is 32.3 Å². The maximum Gasteiger partial charge on any atom is 0.387 e. The molecule has 0 saturated heterocycles. The minimum atomic E-state index is -2.95. The van der Waals surface area contributed by atoms with Crippen LogP contribution in [0.4, 0.5) is 8.78 Å². The zero-order chi connectivity index (χ0) is 24.5. The van der Waals surface area contributed by atoms with Gasteiger partial charge in [0.2, 0.25) is 0 Å². The smallest absolute Gasteiger partial charge is 0.387 e. The number of hydrogen-bond acceptors (Lipinski definition) is 5. The number of halogens is 2. The molecule has 3 aromatic heterocycles. The number of benzene rings is 1. The molecule has 1 aliphatic carbocycles. The highest BCUT2D eigenvalue weighted by Gasteiger charge is 2.30. The molecule has 180 valence electrons. The standard InChI is InChI=1S/C26H25F2N5O2/c1-3-19(17-8-4-5-9-21(17)35-26(27)28)31-25(34)18-14-20(16-11-12-16)30-24-23(18)15(2)32-33(24)22-10-6-7-13-29-22/h4-10,13-14,16,19,26H,3,11-12H2,1-2H3,(H,31,34). The number of fused-ring (bicyclic) bond motifs is 1. The maximum absolute atomic E-state index is 13.6. The Morgan fingerprint density at radius 1 is 1.20 bits per heavy atom. The molecule has 0 bridgehead atoms. The fourth-order valence-corrected chi connectivity index (χ4v) is 4.32. The molecule has 1 unspecified atom stereocenters. The number of alkyl halides is 2. The van der Waals surface area contributed by atoms with E-state index in [1.54, 1.807) is 29.1 Å². The third-order valence-corrected chi connectivity index (χ3v) is 6.16. The summed E-state index contributed by atoms with van der Waals surface area (Å²) < 4.78 is 32.3. The van der Waals surface area contributed by atoms with Gasteiger partial charge in [0.25, 0.3) is 5.91 Å². The molecule has 0 radical (unpaired) electrons. The largest absolute Gasteiger partial charge is 0.434 e. The molecule has 4 aromatic rings. The number of nitrogens with zero attached hydrogens (tertiary/aromatic N) is 4. The average molecular weight is 478 g/mol. The van der Waals surface area contributed by atoms with Crippen LogP contribution in [0.3, 0.4) is 0 Å². The number of carbonyl (C=O) groups excluding carboxylic acids is 1. The van der Waals surface area contributed by atoms with Crippen LogP contribution in [0, 0.1) is 6.92 Å². The second-order valence-corrected chi connectivity index (χ2v) is 8.60. The second-order valence-electron chi connectivity index (χ2n) is 8.60. The van der Waals surface area contributed by atoms with E-state index in [-0.39, 0.29) is 11.7 Å². The van der Waals surface area contributed by atoms with Gasteiger partial charge in [-0.05, 0) is 50.5 Å². The van der Waals surface area contributed by atoms with Crippen molar-refractivity contribution in [2.75, 3.05) is 0 Å². The summed E-state index contributed by atoms with van der Waals surface area (Å²) in [5.41, 5.74) is 3.03. The number of para-hydroxylation sites is 1. The molecular weight excluding hydrogens is 452 g/mol. The number of pyridine rings is 2. The summed E-state index contributed by atoms with van der Waals surface area (Å²) >= 11 is 0. The monoisotopic (exact) mass is 477 g/mol. The first-order valence-electron chi connectivity index (χ1n) is 11.6. The second kappa shape index (κ2) is 9.40. The number of ether oxygens (including phenoxy) is 1. The van der Waals surface area contributed by atoms with Crippen molar-refractivity contribution in [3.63, 3.8) is 0 Å². The summed E-state index contributed by atoms with van der Waals surface area (Å²) in [5.74, 6) is 0.649. The Hall–Kier alpha value is -3.88. The molecule has 1 saturated carbocycles. The Kier molecular flexibility index (Phi) is 6.15. The topological polar surface area (TPSA) is 81.9 Å². The Labute approximate surface area is 201 Å². The highest BCUT2D eigenvalue weighted by atomic mass is 19.3. The van der Waals surface area contributed by atoms with Gasteiger partial charge in [0.05, 0.1) is 22.7 Å². The molecule has 0 aliphatic heterocycles. The molecule has 3 heterocycles. The normalized spacial score (nSPS) is 14.3. The Bertz CT molecular complexity index is 1370. The zero-order valence-electron chi connectivity index (χ0n) is 19.4.